The average Bonchev–Trinajstić information content (AvgIpc) is 3.36. The van der Waals surface area contributed by atoms with Crippen molar-refractivity contribution in [2.45, 2.75) is 25.9 Å². The van der Waals surface area contributed by atoms with Gasteiger partial charge in [0.05, 0.1) is 24.4 Å². The highest BCUT2D eigenvalue weighted by molar-refractivity contribution is 6.46. The minimum Gasteiger partial charge on any atom is -0.507 e. The van der Waals surface area contributed by atoms with Crippen LogP contribution in [0.5, 0.6) is 0 Å². The largest absolute Gasteiger partial charge is 0.507 e. The van der Waals surface area contributed by atoms with Crippen LogP contribution >= 0.6 is 0 Å². The summed E-state index contributed by atoms with van der Waals surface area (Å²) in [6.07, 6.45) is 5.45. The monoisotopic (exact) mass is 388 g/mol. The van der Waals surface area contributed by atoms with Crippen LogP contribution < -0.4 is 0 Å². The standard InChI is InChI=1S/C23H20N2O4/c1-2-15-5-7-16(8-6-15)20-19(21(26)17-9-11-24-12-10-17)22(27)23(28)25(20)14-18-4-3-13-29-18/h3-13,20,26H,2,14H2,1H3/b21-19+. The summed E-state index contributed by atoms with van der Waals surface area (Å²) in [6.45, 7) is 2.19. The van der Waals surface area contributed by atoms with Crippen LogP contribution in [0.15, 0.2) is 77.2 Å². The van der Waals surface area contributed by atoms with Crippen LogP contribution in [0.2, 0.25) is 0 Å². The van der Waals surface area contributed by atoms with Crippen molar-refractivity contribution in [2.24, 2.45) is 0 Å². The Labute approximate surface area is 168 Å². The normalized spacial score (nSPS) is 18.4. The van der Waals surface area contributed by atoms with E-state index in [0.29, 0.717) is 11.3 Å². The molecule has 146 valence electrons. The summed E-state index contributed by atoms with van der Waals surface area (Å²) >= 11 is 0. The van der Waals surface area contributed by atoms with Crippen LogP contribution in [-0.4, -0.2) is 26.7 Å². The van der Waals surface area contributed by atoms with Crippen LogP contribution in [-0.2, 0) is 22.6 Å². The van der Waals surface area contributed by atoms with Crippen LogP contribution in [0.1, 0.15) is 35.4 Å². The van der Waals surface area contributed by atoms with Gasteiger partial charge in [-0.3, -0.25) is 14.6 Å². The van der Waals surface area contributed by atoms with E-state index in [-0.39, 0.29) is 17.9 Å². The number of hydrogen-bond donors (Lipinski definition) is 1. The molecule has 1 fully saturated rings. The number of furan rings is 1. The molecule has 1 amide bonds. The van der Waals surface area contributed by atoms with Crippen molar-refractivity contribution >= 4 is 17.4 Å². The fraction of sp³-hybridized carbons (Fsp3) is 0.174. The Hall–Kier alpha value is -3.67. The van der Waals surface area contributed by atoms with E-state index in [2.05, 4.69) is 11.9 Å². The first-order valence-electron chi connectivity index (χ1n) is 9.40. The maximum Gasteiger partial charge on any atom is 0.296 e. The summed E-state index contributed by atoms with van der Waals surface area (Å²) in [6, 6.07) is 13.7. The molecule has 1 unspecified atom stereocenters. The SMILES string of the molecule is CCc1ccc(C2/C(=C(\O)c3ccncc3)C(=O)C(=O)N2Cc2ccco2)cc1. The summed E-state index contributed by atoms with van der Waals surface area (Å²) in [5, 5.41) is 10.9. The molecule has 0 aliphatic carbocycles. The number of aromatic nitrogens is 1. The fourth-order valence-electron chi connectivity index (χ4n) is 3.56. The molecule has 4 rings (SSSR count). The summed E-state index contributed by atoms with van der Waals surface area (Å²) in [4.78, 5) is 31.2. The second-order valence-electron chi connectivity index (χ2n) is 6.84. The number of rotatable bonds is 5. The molecule has 6 heteroatoms. The van der Waals surface area contributed by atoms with E-state index < -0.39 is 17.7 Å². The summed E-state index contributed by atoms with van der Waals surface area (Å²) in [5.41, 5.74) is 2.40. The number of likely N-dealkylation sites (tertiary alicyclic amines) is 1. The van der Waals surface area contributed by atoms with Gasteiger partial charge in [-0.25, -0.2) is 0 Å². The van der Waals surface area contributed by atoms with Crippen LogP contribution in [0.4, 0.5) is 0 Å². The molecule has 1 aliphatic heterocycles. The Morgan fingerprint density at radius 1 is 1.10 bits per heavy atom. The van der Waals surface area contributed by atoms with E-state index in [0.717, 1.165) is 17.5 Å². The molecule has 0 bridgehead atoms. The number of ketones is 1. The molecule has 1 saturated heterocycles. The molecule has 6 nitrogen and oxygen atoms in total. The predicted octanol–water partition coefficient (Wildman–Crippen LogP) is 3.86. The molecule has 1 N–H and O–H groups in total. The Kier molecular flexibility index (Phi) is 4.99. The highest BCUT2D eigenvalue weighted by Gasteiger charge is 2.46. The van der Waals surface area contributed by atoms with Crippen molar-refractivity contribution < 1.29 is 19.1 Å². The number of benzene rings is 1. The maximum absolute atomic E-state index is 12.9. The first-order chi connectivity index (χ1) is 14.1. The van der Waals surface area contributed by atoms with Gasteiger partial charge in [0.15, 0.2) is 0 Å². The number of aliphatic hydroxyl groups is 1. The maximum atomic E-state index is 12.9. The van der Waals surface area contributed by atoms with E-state index in [4.69, 9.17) is 4.42 Å². The Morgan fingerprint density at radius 3 is 2.45 bits per heavy atom. The average molecular weight is 388 g/mol. The van der Waals surface area contributed by atoms with Crippen LogP contribution in [0.3, 0.4) is 0 Å². The zero-order valence-electron chi connectivity index (χ0n) is 15.9. The van der Waals surface area contributed by atoms with Crippen molar-refractivity contribution in [1.29, 1.82) is 0 Å². The van der Waals surface area contributed by atoms with Gasteiger partial charge in [0.25, 0.3) is 11.7 Å². The Bertz CT molecular complexity index is 1050. The molecule has 1 aromatic carbocycles. The first kappa shape index (κ1) is 18.7. The lowest BCUT2D eigenvalue weighted by Gasteiger charge is -2.24. The molecule has 1 aliphatic rings. The van der Waals surface area contributed by atoms with Gasteiger partial charge < -0.3 is 14.4 Å². The van der Waals surface area contributed by atoms with Crippen LogP contribution in [0.25, 0.3) is 5.76 Å². The van der Waals surface area contributed by atoms with Gasteiger partial charge in [-0.15, -0.1) is 0 Å². The number of aliphatic hydroxyl groups excluding tert-OH is 1. The molecular weight excluding hydrogens is 368 g/mol. The van der Waals surface area contributed by atoms with Gasteiger partial charge in [0, 0.05) is 18.0 Å². The molecule has 0 spiro atoms. The van der Waals surface area contributed by atoms with Gasteiger partial charge in [0.2, 0.25) is 0 Å². The van der Waals surface area contributed by atoms with Gasteiger partial charge in [0.1, 0.15) is 11.5 Å². The van der Waals surface area contributed by atoms with Crippen molar-refractivity contribution in [1.82, 2.24) is 9.88 Å². The molecule has 0 saturated carbocycles. The molecular formula is C23H20N2O4. The molecule has 0 radical (unpaired) electrons. The minimum absolute atomic E-state index is 0.0667. The van der Waals surface area contributed by atoms with E-state index in [1.807, 2.05) is 24.3 Å². The molecule has 3 heterocycles. The number of carbonyl (C=O) groups excluding carboxylic acids is 2. The summed E-state index contributed by atoms with van der Waals surface area (Å²) < 4.78 is 5.39. The number of nitrogens with zero attached hydrogens (tertiary/aromatic N) is 2. The number of aryl methyl sites for hydroxylation is 1. The quantitative estimate of drug-likeness (QED) is 0.408. The number of hydrogen-bond acceptors (Lipinski definition) is 5. The number of amides is 1. The lowest BCUT2D eigenvalue weighted by Crippen LogP contribution is -2.29. The van der Waals surface area contributed by atoms with Crippen molar-refractivity contribution in [3.63, 3.8) is 0 Å². The molecule has 29 heavy (non-hydrogen) atoms. The zero-order chi connectivity index (χ0) is 20.4. The highest BCUT2D eigenvalue weighted by atomic mass is 16.3. The molecule has 3 aromatic rings. The van der Waals surface area contributed by atoms with Gasteiger partial charge in [-0.1, -0.05) is 31.2 Å². The summed E-state index contributed by atoms with van der Waals surface area (Å²) in [7, 11) is 0. The van der Waals surface area contributed by atoms with E-state index >= 15 is 0 Å². The number of Topliss-reactive ketones (excluding diaryl/α,β-unsaturated/α-hetero) is 1. The van der Waals surface area contributed by atoms with E-state index in [1.165, 1.54) is 23.6 Å². The second-order valence-corrected chi connectivity index (χ2v) is 6.84. The Balaban J connectivity index is 1.85. The number of pyridine rings is 1. The second kappa shape index (κ2) is 7.75. The third kappa shape index (κ3) is 3.45. The Morgan fingerprint density at radius 2 is 1.83 bits per heavy atom. The van der Waals surface area contributed by atoms with Gasteiger partial charge in [-0.05, 0) is 41.8 Å². The fourth-order valence-corrected chi connectivity index (χ4v) is 3.56. The predicted molar refractivity (Wildman–Crippen MR) is 107 cm³/mol. The third-order valence-corrected chi connectivity index (χ3v) is 5.10. The van der Waals surface area contributed by atoms with Gasteiger partial charge >= 0.3 is 0 Å². The smallest absolute Gasteiger partial charge is 0.296 e. The van der Waals surface area contributed by atoms with Crippen molar-refractivity contribution in [3.8, 4) is 0 Å². The third-order valence-electron chi connectivity index (χ3n) is 5.10. The van der Waals surface area contributed by atoms with Gasteiger partial charge in [-0.2, -0.15) is 0 Å². The van der Waals surface area contributed by atoms with E-state index in [1.54, 1.807) is 24.3 Å². The van der Waals surface area contributed by atoms with Crippen molar-refractivity contribution in [3.05, 3.63) is 95.2 Å². The first-order valence-corrected chi connectivity index (χ1v) is 9.40. The zero-order valence-corrected chi connectivity index (χ0v) is 15.9. The molecule has 2 aromatic heterocycles. The lowest BCUT2D eigenvalue weighted by atomic mass is 9.94. The number of carbonyl (C=O) groups is 2. The highest BCUT2D eigenvalue weighted by Crippen LogP contribution is 2.40. The van der Waals surface area contributed by atoms with E-state index in [9.17, 15) is 14.7 Å². The summed E-state index contributed by atoms with van der Waals surface area (Å²) in [5.74, 6) is -1.03. The topological polar surface area (TPSA) is 83.6 Å². The lowest BCUT2D eigenvalue weighted by molar-refractivity contribution is -0.140. The van der Waals surface area contributed by atoms with Crippen molar-refractivity contribution in [2.75, 3.05) is 0 Å². The molecule has 1 atom stereocenters. The minimum atomic E-state index is -0.713. The van der Waals surface area contributed by atoms with Crippen LogP contribution in [0, 0.1) is 0 Å².